The minimum atomic E-state index is -0.199. The van der Waals surface area contributed by atoms with Crippen molar-refractivity contribution in [2.24, 2.45) is 17.8 Å². The van der Waals surface area contributed by atoms with Crippen LogP contribution < -0.4 is 0 Å². The minimum Gasteiger partial charge on any atom is -0.507 e. The summed E-state index contributed by atoms with van der Waals surface area (Å²) >= 11 is 0. The molecule has 4 rings (SSSR count). The number of nitrogens with zero attached hydrogens (tertiary/aromatic N) is 1. The van der Waals surface area contributed by atoms with Crippen molar-refractivity contribution in [3.05, 3.63) is 29.3 Å². The van der Waals surface area contributed by atoms with Crippen molar-refractivity contribution >= 4 is 5.97 Å². The van der Waals surface area contributed by atoms with Crippen LogP contribution in [-0.4, -0.2) is 49.4 Å². The Hall–Kier alpha value is -1.55. The maximum absolute atomic E-state index is 12.5. The second-order valence-corrected chi connectivity index (χ2v) is 10.1. The maximum atomic E-state index is 12.5. The fourth-order valence-corrected chi connectivity index (χ4v) is 6.20. The minimum absolute atomic E-state index is 0.177. The predicted molar refractivity (Wildman–Crippen MR) is 110 cm³/mol. The highest BCUT2D eigenvalue weighted by molar-refractivity contribution is 5.74. The van der Waals surface area contributed by atoms with Gasteiger partial charge in [-0.25, -0.2) is 0 Å². The molecule has 2 unspecified atom stereocenters. The van der Waals surface area contributed by atoms with Crippen molar-refractivity contribution in [2.45, 2.75) is 57.3 Å². The third-order valence-electron chi connectivity index (χ3n) is 7.54. The highest BCUT2D eigenvalue weighted by Gasteiger charge is 2.47. The summed E-state index contributed by atoms with van der Waals surface area (Å²) in [7, 11) is 4.63. The summed E-state index contributed by atoms with van der Waals surface area (Å²) in [5.74, 6) is 2.45. The molecule has 1 aromatic carbocycles. The van der Waals surface area contributed by atoms with Gasteiger partial charge in [-0.3, -0.25) is 4.79 Å². The lowest BCUT2D eigenvalue weighted by molar-refractivity contribution is -0.902. The summed E-state index contributed by atoms with van der Waals surface area (Å²) in [5, 5.41) is 10.7. The van der Waals surface area contributed by atoms with Gasteiger partial charge in [0.15, 0.2) is 0 Å². The molecule has 0 spiro atoms. The number of aromatic hydroxyl groups is 1. The van der Waals surface area contributed by atoms with Crippen molar-refractivity contribution in [3.8, 4) is 5.75 Å². The first-order valence-electron chi connectivity index (χ1n) is 11.2. The quantitative estimate of drug-likeness (QED) is 0.608. The Balaban J connectivity index is 1.34. The largest absolute Gasteiger partial charge is 0.507 e. The Morgan fingerprint density at radius 1 is 1.07 bits per heavy atom. The topological polar surface area (TPSA) is 46.5 Å². The third kappa shape index (κ3) is 4.22. The van der Waals surface area contributed by atoms with Crippen LogP contribution in [0, 0.1) is 17.8 Å². The molecule has 2 aliphatic carbocycles. The van der Waals surface area contributed by atoms with Crippen molar-refractivity contribution in [1.29, 1.82) is 0 Å². The molecule has 2 saturated carbocycles. The number of quaternary nitrogens is 1. The number of rotatable bonds is 5. The smallest absolute Gasteiger partial charge is 0.310 e. The first-order valence-corrected chi connectivity index (χ1v) is 11.2. The zero-order valence-electron chi connectivity index (χ0n) is 17.5. The molecule has 4 nitrogen and oxygen atoms in total. The van der Waals surface area contributed by atoms with Gasteiger partial charge in [0, 0.05) is 23.3 Å². The number of likely N-dealkylation sites (tertiary alicyclic amines) is 1. The van der Waals surface area contributed by atoms with Gasteiger partial charge >= 0.3 is 5.97 Å². The fourth-order valence-electron chi connectivity index (χ4n) is 6.20. The molecule has 3 fully saturated rings. The number of benzene rings is 1. The Bertz CT molecular complexity index is 692. The first kappa shape index (κ1) is 19.8. The highest BCUT2D eigenvalue weighted by atomic mass is 16.5. The van der Waals surface area contributed by atoms with Crippen LogP contribution in [0.4, 0.5) is 0 Å². The van der Waals surface area contributed by atoms with E-state index in [1.807, 2.05) is 18.2 Å². The number of para-hydroxylation sites is 1. The molecule has 1 aromatic rings. The average molecular weight is 387 g/mol. The van der Waals surface area contributed by atoms with E-state index in [1.54, 1.807) is 0 Å². The van der Waals surface area contributed by atoms with Crippen LogP contribution in [0.25, 0.3) is 0 Å². The molecule has 0 amide bonds. The third-order valence-corrected chi connectivity index (χ3v) is 7.54. The van der Waals surface area contributed by atoms with Gasteiger partial charge < -0.3 is 14.3 Å². The predicted octanol–water partition coefficient (Wildman–Crippen LogP) is 4.26. The summed E-state index contributed by atoms with van der Waals surface area (Å²) in [6.45, 7) is 2.95. The van der Waals surface area contributed by atoms with Crippen LogP contribution in [0.5, 0.6) is 5.75 Å². The highest BCUT2D eigenvalue weighted by Crippen LogP contribution is 2.43. The Morgan fingerprint density at radius 3 is 2.43 bits per heavy atom. The average Bonchev–Trinajstić information content (AvgIpc) is 2.93. The summed E-state index contributed by atoms with van der Waals surface area (Å²) in [4.78, 5) is 12.5. The number of piperidine rings is 1. The van der Waals surface area contributed by atoms with Gasteiger partial charge in [0.05, 0.1) is 40.2 Å². The van der Waals surface area contributed by atoms with Gasteiger partial charge in [0.1, 0.15) is 5.75 Å². The lowest BCUT2D eigenvalue weighted by atomic mass is 9.83. The summed E-state index contributed by atoms with van der Waals surface area (Å²) in [6, 6.07) is 5.88. The van der Waals surface area contributed by atoms with E-state index in [0.29, 0.717) is 36.0 Å². The number of carbonyl (C=O) groups excluding carboxylic acids is 1. The molecule has 1 aliphatic heterocycles. The molecule has 2 bridgehead atoms. The molecule has 1 saturated heterocycles. The van der Waals surface area contributed by atoms with Gasteiger partial charge in [-0.15, -0.1) is 0 Å². The van der Waals surface area contributed by atoms with Gasteiger partial charge in [0.2, 0.25) is 0 Å². The normalized spacial score (nSPS) is 29.6. The zero-order valence-corrected chi connectivity index (χ0v) is 17.5. The molecule has 28 heavy (non-hydrogen) atoms. The van der Waals surface area contributed by atoms with E-state index >= 15 is 0 Å². The van der Waals surface area contributed by atoms with E-state index < -0.39 is 0 Å². The van der Waals surface area contributed by atoms with E-state index in [1.165, 1.54) is 45.2 Å². The lowest BCUT2D eigenvalue weighted by Gasteiger charge is -2.41. The van der Waals surface area contributed by atoms with E-state index in [0.717, 1.165) is 28.5 Å². The molecule has 3 aliphatic rings. The van der Waals surface area contributed by atoms with E-state index in [9.17, 15) is 9.90 Å². The number of phenolic OH excluding ortho intramolecular Hbond substituents is 1. The van der Waals surface area contributed by atoms with Gasteiger partial charge in [-0.2, -0.15) is 0 Å². The number of carbonyl (C=O) groups is 1. The molecular weight excluding hydrogens is 350 g/mol. The van der Waals surface area contributed by atoms with Gasteiger partial charge in [-0.05, 0) is 37.2 Å². The van der Waals surface area contributed by atoms with E-state index in [2.05, 4.69) is 14.1 Å². The summed E-state index contributed by atoms with van der Waals surface area (Å²) in [5.41, 5.74) is 1.74. The van der Waals surface area contributed by atoms with Crippen LogP contribution in [0.1, 0.15) is 62.0 Å². The number of fused-ring (bicyclic) bond motifs is 2. The molecule has 0 aromatic heterocycles. The van der Waals surface area contributed by atoms with Crippen molar-refractivity contribution in [3.63, 3.8) is 0 Å². The lowest BCUT2D eigenvalue weighted by Crippen LogP contribution is -2.52. The van der Waals surface area contributed by atoms with Gasteiger partial charge in [0.25, 0.3) is 0 Å². The number of hydrogen-bond donors (Lipinski definition) is 1. The van der Waals surface area contributed by atoms with Gasteiger partial charge in [-0.1, -0.05) is 37.5 Å². The second kappa shape index (κ2) is 8.06. The van der Waals surface area contributed by atoms with Crippen molar-refractivity contribution in [2.75, 3.05) is 33.8 Å². The Morgan fingerprint density at radius 2 is 1.75 bits per heavy atom. The SMILES string of the molecule is C[N+]1(C)CC2CCC(C1)C2COC(=O)Cc1cccc(C2CCCCC2)c1O. The second-order valence-electron chi connectivity index (χ2n) is 10.1. The standard InChI is InChI=1S/C24H35NO3/c1-25(2)14-19-11-12-20(15-25)22(19)16-28-23(26)13-18-9-6-10-21(24(18)27)17-7-4-3-5-8-17/h6,9-10,17,19-20,22H,3-5,7-8,11-16H2,1-2H3/p+1. The van der Waals surface area contributed by atoms with E-state index in [4.69, 9.17) is 4.74 Å². The summed E-state index contributed by atoms with van der Waals surface area (Å²) < 4.78 is 6.82. The molecular formula is C24H36NO3+. The molecule has 0 radical (unpaired) electrons. The first-order chi connectivity index (χ1) is 13.4. The number of ether oxygens (including phenoxy) is 1. The van der Waals surface area contributed by atoms with Crippen molar-refractivity contribution < 1.29 is 19.1 Å². The van der Waals surface area contributed by atoms with Crippen LogP contribution in [-0.2, 0) is 16.0 Å². The fraction of sp³-hybridized carbons (Fsp3) is 0.708. The van der Waals surface area contributed by atoms with Crippen LogP contribution in [0.2, 0.25) is 0 Å². The molecule has 1 N–H and O–H groups in total. The monoisotopic (exact) mass is 386 g/mol. The molecule has 154 valence electrons. The zero-order chi connectivity index (χ0) is 19.7. The van der Waals surface area contributed by atoms with Crippen molar-refractivity contribution in [1.82, 2.24) is 0 Å². The number of hydrogen-bond acceptors (Lipinski definition) is 3. The number of phenols is 1. The Labute approximate surface area is 169 Å². The summed E-state index contributed by atoms with van der Waals surface area (Å²) in [6.07, 6.45) is 8.77. The molecule has 4 heteroatoms. The Kier molecular flexibility index (Phi) is 5.69. The van der Waals surface area contributed by atoms with E-state index in [-0.39, 0.29) is 12.4 Å². The molecule has 2 atom stereocenters. The molecule has 1 heterocycles. The maximum Gasteiger partial charge on any atom is 0.310 e. The number of esters is 1. The van der Waals surface area contributed by atoms with Crippen LogP contribution in [0.15, 0.2) is 18.2 Å². The van der Waals surface area contributed by atoms with Crippen LogP contribution >= 0.6 is 0 Å². The van der Waals surface area contributed by atoms with Crippen LogP contribution in [0.3, 0.4) is 0 Å².